The summed E-state index contributed by atoms with van der Waals surface area (Å²) in [6.07, 6.45) is 24.8. The lowest BCUT2D eigenvalue weighted by Crippen LogP contribution is -2.50. The van der Waals surface area contributed by atoms with E-state index < -0.39 is 0 Å². The van der Waals surface area contributed by atoms with Gasteiger partial charge in [0.15, 0.2) is 0 Å². The summed E-state index contributed by atoms with van der Waals surface area (Å²) in [5.74, 6) is 5.14. The minimum Gasteiger partial charge on any atom is -0.469 e. The summed E-state index contributed by atoms with van der Waals surface area (Å²) in [6, 6.07) is 0. The third kappa shape index (κ3) is 3.45. The van der Waals surface area contributed by atoms with Crippen LogP contribution in [0.25, 0.3) is 0 Å². The number of esters is 1. The molecule has 0 bridgehead atoms. The number of ether oxygens (including phenoxy) is 1. The average Bonchev–Trinajstić information content (AvgIpc) is 3.03. The molecule has 27 heavy (non-hydrogen) atoms. The molecule has 8 atom stereocenters. The molecule has 0 saturated heterocycles. The van der Waals surface area contributed by atoms with E-state index in [0.717, 1.165) is 23.7 Å². The number of hydrogen-bond donors (Lipinski definition) is 0. The molecule has 0 aromatic heterocycles. The second-order valence-corrected chi connectivity index (χ2v) is 9.27. The van der Waals surface area contributed by atoms with Gasteiger partial charge in [0.2, 0.25) is 0 Å². The Bertz CT molecular complexity index is 616. The first-order valence-electron chi connectivity index (χ1n) is 11.3. The second-order valence-electron chi connectivity index (χ2n) is 9.27. The Morgan fingerprint density at radius 3 is 2.59 bits per heavy atom. The largest absolute Gasteiger partial charge is 0.469 e. The highest BCUT2D eigenvalue weighted by atomic mass is 16.5. The SMILES string of the molecule is C/C=C/CCCCCCC[C@H]1[C@H]2C=C[C@@H]3[C@@H]4[C@H]2[C@H]1C[C@H]4C=C[C@H]3C(=O)OC. The van der Waals surface area contributed by atoms with Gasteiger partial charge in [0, 0.05) is 0 Å². The van der Waals surface area contributed by atoms with Crippen molar-refractivity contribution in [3.05, 3.63) is 36.5 Å². The number of carbonyl (C=O) groups is 1. The minimum atomic E-state index is -0.0495. The van der Waals surface area contributed by atoms with Crippen LogP contribution in [0.4, 0.5) is 0 Å². The van der Waals surface area contributed by atoms with E-state index >= 15 is 0 Å². The van der Waals surface area contributed by atoms with Gasteiger partial charge < -0.3 is 4.74 Å². The van der Waals surface area contributed by atoms with Crippen LogP contribution < -0.4 is 0 Å². The molecule has 4 rings (SSSR count). The summed E-state index contributed by atoms with van der Waals surface area (Å²) in [6.45, 7) is 2.11. The van der Waals surface area contributed by atoms with Crippen molar-refractivity contribution in [2.24, 2.45) is 47.3 Å². The van der Waals surface area contributed by atoms with E-state index in [2.05, 4.69) is 43.4 Å². The zero-order chi connectivity index (χ0) is 18.8. The normalized spacial score (nSPS) is 40.8. The number of unbranched alkanes of at least 4 members (excludes halogenated alkanes) is 5. The Hall–Kier alpha value is -1.31. The summed E-state index contributed by atoms with van der Waals surface area (Å²) in [5, 5.41) is 0. The molecule has 148 valence electrons. The van der Waals surface area contributed by atoms with Crippen LogP contribution in [-0.2, 0) is 9.53 Å². The van der Waals surface area contributed by atoms with Gasteiger partial charge in [-0.05, 0) is 74.0 Å². The Balaban J connectivity index is 1.29. The van der Waals surface area contributed by atoms with Crippen molar-refractivity contribution in [1.82, 2.24) is 0 Å². The maximum absolute atomic E-state index is 12.2. The molecule has 0 amide bonds. The van der Waals surface area contributed by atoms with Crippen molar-refractivity contribution in [2.45, 2.75) is 58.3 Å². The molecule has 2 heteroatoms. The van der Waals surface area contributed by atoms with E-state index in [1.807, 2.05) is 0 Å². The van der Waals surface area contributed by atoms with Crippen molar-refractivity contribution in [1.29, 1.82) is 0 Å². The zero-order valence-corrected chi connectivity index (χ0v) is 17.1. The van der Waals surface area contributed by atoms with E-state index in [1.165, 1.54) is 58.5 Å². The van der Waals surface area contributed by atoms with E-state index in [1.54, 1.807) is 0 Å². The molecule has 0 aliphatic heterocycles. The van der Waals surface area contributed by atoms with Crippen LogP contribution >= 0.6 is 0 Å². The number of hydrogen-bond acceptors (Lipinski definition) is 2. The summed E-state index contributed by atoms with van der Waals surface area (Å²) < 4.78 is 5.07. The fourth-order valence-corrected chi connectivity index (χ4v) is 6.90. The number of methoxy groups -OCH3 is 1. The molecule has 2 nitrogen and oxygen atoms in total. The predicted molar refractivity (Wildman–Crippen MR) is 110 cm³/mol. The van der Waals surface area contributed by atoms with Crippen LogP contribution in [0.2, 0.25) is 0 Å². The number of carbonyl (C=O) groups excluding carboxylic acids is 1. The van der Waals surface area contributed by atoms with Gasteiger partial charge in [-0.3, -0.25) is 4.79 Å². The number of allylic oxidation sites excluding steroid dienone is 5. The smallest absolute Gasteiger partial charge is 0.313 e. The highest BCUT2D eigenvalue weighted by molar-refractivity contribution is 5.75. The van der Waals surface area contributed by atoms with E-state index in [4.69, 9.17) is 4.74 Å². The second kappa shape index (κ2) is 8.37. The van der Waals surface area contributed by atoms with Gasteiger partial charge in [0.25, 0.3) is 0 Å². The molecule has 0 heterocycles. The van der Waals surface area contributed by atoms with Crippen LogP contribution in [0, 0.1) is 47.3 Å². The lowest BCUT2D eigenvalue weighted by atomic mass is 9.50. The first-order valence-corrected chi connectivity index (χ1v) is 11.3. The van der Waals surface area contributed by atoms with Gasteiger partial charge >= 0.3 is 5.97 Å². The molecule has 2 saturated carbocycles. The summed E-state index contributed by atoms with van der Waals surface area (Å²) in [5.41, 5.74) is 0. The lowest BCUT2D eigenvalue weighted by molar-refractivity contribution is -0.146. The molecule has 4 aliphatic carbocycles. The highest BCUT2D eigenvalue weighted by Gasteiger charge is 2.62. The third-order valence-corrected chi connectivity index (χ3v) is 8.06. The monoisotopic (exact) mass is 368 g/mol. The molecule has 4 aliphatic rings. The van der Waals surface area contributed by atoms with E-state index in [9.17, 15) is 4.79 Å². The quantitative estimate of drug-likeness (QED) is 0.285. The Morgan fingerprint density at radius 1 is 1.00 bits per heavy atom. The van der Waals surface area contributed by atoms with Crippen molar-refractivity contribution in [3.63, 3.8) is 0 Å². The molecule has 0 radical (unpaired) electrons. The van der Waals surface area contributed by atoms with Crippen LogP contribution in [0.5, 0.6) is 0 Å². The van der Waals surface area contributed by atoms with Crippen molar-refractivity contribution in [3.8, 4) is 0 Å². The average molecular weight is 369 g/mol. The Morgan fingerprint density at radius 2 is 1.78 bits per heavy atom. The maximum atomic E-state index is 12.2. The van der Waals surface area contributed by atoms with Crippen LogP contribution in [0.15, 0.2) is 36.5 Å². The summed E-state index contributed by atoms with van der Waals surface area (Å²) >= 11 is 0. The van der Waals surface area contributed by atoms with E-state index in [-0.39, 0.29) is 11.9 Å². The fourth-order valence-electron chi connectivity index (χ4n) is 6.90. The molecular weight excluding hydrogens is 332 g/mol. The van der Waals surface area contributed by atoms with Crippen LogP contribution in [-0.4, -0.2) is 13.1 Å². The maximum Gasteiger partial charge on any atom is 0.313 e. The fraction of sp³-hybridized carbons (Fsp3) is 0.720. The Kier molecular flexibility index (Phi) is 5.90. The van der Waals surface area contributed by atoms with Crippen molar-refractivity contribution >= 4 is 5.97 Å². The molecule has 0 aromatic rings. The summed E-state index contributed by atoms with van der Waals surface area (Å²) in [4.78, 5) is 12.2. The summed E-state index contributed by atoms with van der Waals surface area (Å²) in [7, 11) is 1.52. The van der Waals surface area contributed by atoms with Crippen molar-refractivity contribution < 1.29 is 9.53 Å². The van der Waals surface area contributed by atoms with E-state index in [0.29, 0.717) is 17.8 Å². The van der Waals surface area contributed by atoms with Crippen LogP contribution in [0.1, 0.15) is 58.3 Å². The first kappa shape index (κ1) is 19.0. The van der Waals surface area contributed by atoms with Gasteiger partial charge in [-0.1, -0.05) is 62.1 Å². The van der Waals surface area contributed by atoms with Gasteiger partial charge in [-0.25, -0.2) is 0 Å². The van der Waals surface area contributed by atoms with Gasteiger partial charge in [0.1, 0.15) is 0 Å². The zero-order valence-electron chi connectivity index (χ0n) is 17.1. The molecule has 0 N–H and O–H groups in total. The van der Waals surface area contributed by atoms with Crippen molar-refractivity contribution in [2.75, 3.05) is 7.11 Å². The Labute approximate surface area is 165 Å². The highest BCUT2D eigenvalue weighted by Crippen LogP contribution is 2.67. The molecule has 0 spiro atoms. The van der Waals surface area contributed by atoms with Crippen LogP contribution in [0.3, 0.4) is 0 Å². The minimum absolute atomic E-state index is 0.0474. The first-order chi connectivity index (χ1) is 13.3. The molecular formula is C25H36O2. The molecule has 0 unspecified atom stereocenters. The lowest BCUT2D eigenvalue weighted by Gasteiger charge is -2.54. The molecule has 0 aromatic carbocycles. The van der Waals surface area contributed by atoms with Gasteiger partial charge in [-0.15, -0.1) is 0 Å². The topological polar surface area (TPSA) is 26.3 Å². The standard InChI is InChI=1S/C25H36O2/c1-3-4-5-6-7-8-9-10-11-18-19-14-15-20-21(25(26)27-2)13-12-17-16-22(18)24(19)23(17)20/h3-4,12-15,17-24H,5-11,16H2,1-2H3/b4-3+/t17-,18+,19-,20+,21-,22+,23-,24-/m1/s1. The number of rotatable bonds is 9. The third-order valence-electron chi connectivity index (χ3n) is 8.06. The van der Waals surface area contributed by atoms with Gasteiger partial charge in [0.05, 0.1) is 13.0 Å². The van der Waals surface area contributed by atoms with Gasteiger partial charge in [-0.2, -0.15) is 0 Å². The molecule has 2 fully saturated rings. The predicted octanol–water partition coefficient (Wildman–Crippen LogP) is 5.95.